The van der Waals surface area contributed by atoms with E-state index < -0.39 is 67.0 Å². The molecule has 192 valence electrons. The summed E-state index contributed by atoms with van der Waals surface area (Å²) in [5, 5.41) is 0.576. The summed E-state index contributed by atoms with van der Waals surface area (Å²) in [6.45, 7) is 14.5. The molecule has 0 saturated heterocycles. The average molecular weight is 528 g/mol. The molecule has 0 bridgehead atoms. The van der Waals surface area contributed by atoms with E-state index in [1.807, 2.05) is 5.32 Å². The Kier molecular flexibility index (Phi) is 7.47. The van der Waals surface area contributed by atoms with Gasteiger partial charge in [0.1, 0.15) is 16.4 Å². The highest BCUT2D eigenvalue weighted by molar-refractivity contribution is 8.40. The highest BCUT2D eigenvalue weighted by atomic mass is 35.5. The average Bonchev–Trinajstić information content (AvgIpc) is 2.81. The minimum atomic E-state index is -4.87. The quantitative estimate of drug-likeness (QED) is 0.452. The SMILES string of the molecule is CC(C)(C)OC(=O)NC(=O)C1=Nc2c(C(F)(F)F)cc(Cl)nc2S1(OC(C)(C)C)OC(C)(C)C. The number of imide groups is 1. The molecule has 0 radical (unpaired) electrons. The maximum absolute atomic E-state index is 13.9. The molecular formula is C21H29ClF3N3O5S. The molecule has 0 aliphatic carbocycles. The summed E-state index contributed by atoms with van der Waals surface area (Å²) in [4.78, 5) is 33.5. The van der Waals surface area contributed by atoms with Crippen molar-refractivity contribution in [2.24, 2.45) is 4.99 Å². The zero-order valence-corrected chi connectivity index (χ0v) is 22.0. The summed E-state index contributed by atoms with van der Waals surface area (Å²) in [6.07, 6.45) is -5.98. The number of aliphatic imine (C=N–C) groups is 1. The number of ether oxygens (including phenoxy) is 1. The van der Waals surface area contributed by atoms with Crippen LogP contribution in [0.2, 0.25) is 5.15 Å². The Labute approximate surface area is 203 Å². The zero-order valence-electron chi connectivity index (χ0n) is 20.4. The van der Waals surface area contributed by atoms with Crippen LogP contribution in [0.4, 0.5) is 23.7 Å². The minimum Gasteiger partial charge on any atom is -0.444 e. The van der Waals surface area contributed by atoms with E-state index in [1.54, 1.807) is 62.3 Å². The zero-order chi connectivity index (χ0) is 26.5. The van der Waals surface area contributed by atoms with Gasteiger partial charge in [0.05, 0.1) is 16.8 Å². The van der Waals surface area contributed by atoms with Gasteiger partial charge >= 0.3 is 12.3 Å². The maximum Gasteiger partial charge on any atom is 0.418 e. The van der Waals surface area contributed by atoms with E-state index in [0.717, 1.165) is 0 Å². The van der Waals surface area contributed by atoms with Gasteiger partial charge in [-0.1, -0.05) is 22.2 Å². The Morgan fingerprint density at radius 1 is 0.941 bits per heavy atom. The van der Waals surface area contributed by atoms with E-state index in [-0.39, 0.29) is 5.03 Å². The van der Waals surface area contributed by atoms with Gasteiger partial charge in [-0.15, -0.1) is 0 Å². The van der Waals surface area contributed by atoms with Gasteiger partial charge in [0.2, 0.25) is 5.04 Å². The van der Waals surface area contributed by atoms with Crippen LogP contribution in [0.3, 0.4) is 0 Å². The molecule has 0 aromatic carbocycles. The predicted molar refractivity (Wildman–Crippen MR) is 123 cm³/mol. The van der Waals surface area contributed by atoms with Gasteiger partial charge in [-0.05, 0) is 68.4 Å². The van der Waals surface area contributed by atoms with Crippen molar-refractivity contribution in [1.82, 2.24) is 10.3 Å². The van der Waals surface area contributed by atoms with Crippen molar-refractivity contribution in [3.8, 4) is 0 Å². The first kappa shape index (κ1) is 28.3. The van der Waals surface area contributed by atoms with Gasteiger partial charge < -0.3 is 4.74 Å². The van der Waals surface area contributed by atoms with Crippen molar-refractivity contribution >= 4 is 44.9 Å². The first-order valence-corrected chi connectivity index (χ1v) is 12.1. The van der Waals surface area contributed by atoms with Gasteiger partial charge in [-0.2, -0.15) is 13.2 Å². The molecule has 2 rings (SSSR count). The highest BCUT2D eigenvalue weighted by Crippen LogP contribution is 2.69. The molecule has 1 aromatic rings. The van der Waals surface area contributed by atoms with Crippen molar-refractivity contribution in [2.75, 3.05) is 0 Å². The largest absolute Gasteiger partial charge is 0.444 e. The number of hydrogen-bond donors (Lipinski definition) is 1. The van der Waals surface area contributed by atoms with Crippen molar-refractivity contribution in [3.05, 3.63) is 16.8 Å². The molecule has 1 aromatic heterocycles. The van der Waals surface area contributed by atoms with E-state index in [4.69, 9.17) is 24.7 Å². The van der Waals surface area contributed by atoms with Crippen molar-refractivity contribution in [1.29, 1.82) is 0 Å². The van der Waals surface area contributed by atoms with Crippen LogP contribution < -0.4 is 5.32 Å². The lowest BCUT2D eigenvalue weighted by molar-refractivity contribution is -0.137. The molecule has 1 aliphatic rings. The second kappa shape index (κ2) is 8.96. The number of rotatable bonds is 3. The number of nitrogens with one attached hydrogen (secondary N) is 1. The third-order valence-electron chi connectivity index (χ3n) is 3.50. The molecule has 1 N–H and O–H groups in total. The predicted octanol–water partition coefficient (Wildman–Crippen LogP) is 6.47. The van der Waals surface area contributed by atoms with E-state index in [9.17, 15) is 22.8 Å². The molecule has 0 fully saturated rings. The van der Waals surface area contributed by atoms with Crippen LogP contribution in [-0.2, 0) is 24.1 Å². The number of hydrogen-bond acceptors (Lipinski definition) is 7. The molecule has 0 unspecified atom stereocenters. The highest BCUT2D eigenvalue weighted by Gasteiger charge is 2.51. The van der Waals surface area contributed by atoms with Crippen LogP contribution in [0, 0.1) is 0 Å². The van der Waals surface area contributed by atoms with Gasteiger partial charge in [0, 0.05) is 0 Å². The van der Waals surface area contributed by atoms with Crippen LogP contribution >= 0.6 is 22.2 Å². The topological polar surface area (TPSA) is 99.1 Å². The summed E-state index contributed by atoms with van der Waals surface area (Å²) in [5.41, 5.74) is -4.86. The molecule has 0 saturated carbocycles. The number of aromatic nitrogens is 1. The maximum atomic E-state index is 13.9. The normalized spacial score (nSPS) is 17.0. The van der Waals surface area contributed by atoms with Crippen LogP contribution in [0.1, 0.15) is 67.9 Å². The van der Waals surface area contributed by atoms with E-state index >= 15 is 0 Å². The van der Waals surface area contributed by atoms with Crippen molar-refractivity contribution < 1.29 is 35.9 Å². The molecule has 0 spiro atoms. The molecule has 1 aliphatic heterocycles. The third kappa shape index (κ3) is 6.83. The molecule has 0 atom stereocenters. The second-order valence-corrected chi connectivity index (χ2v) is 12.9. The Morgan fingerprint density at radius 3 is 1.85 bits per heavy atom. The number of fused-ring (bicyclic) bond motifs is 1. The Hall–Kier alpha value is -1.89. The fourth-order valence-electron chi connectivity index (χ4n) is 2.75. The fourth-order valence-corrected chi connectivity index (χ4v) is 6.07. The molecule has 2 heterocycles. The summed E-state index contributed by atoms with van der Waals surface area (Å²) >= 11 is 5.95. The number of carbonyl (C=O) groups is 2. The molecular weight excluding hydrogens is 499 g/mol. The Balaban J connectivity index is 2.80. The third-order valence-corrected chi connectivity index (χ3v) is 6.74. The standard InChI is InChI=1S/C21H29ClF3N3O5S/c1-18(2,3)31-17(30)28-14(29)16-27-13-11(21(23,24)25)10-12(22)26-15(13)34(16,32-19(4,5)6)33-20(7,8)9/h10H,1-9H3,(H,28,29,30). The second-order valence-electron chi connectivity index (χ2n) is 10.4. The van der Waals surface area contributed by atoms with Crippen LogP contribution in [-0.4, -0.2) is 38.8 Å². The first-order valence-electron chi connectivity index (χ1n) is 10.2. The van der Waals surface area contributed by atoms with E-state index in [0.29, 0.717) is 6.07 Å². The molecule has 34 heavy (non-hydrogen) atoms. The van der Waals surface area contributed by atoms with Gasteiger partial charge in [-0.25, -0.2) is 14.8 Å². The van der Waals surface area contributed by atoms with Crippen molar-refractivity contribution in [3.63, 3.8) is 0 Å². The smallest absolute Gasteiger partial charge is 0.418 e. The number of pyridine rings is 1. The summed E-state index contributed by atoms with van der Waals surface area (Å²) in [6, 6.07) is 0.608. The lowest BCUT2D eigenvalue weighted by Crippen LogP contribution is -2.43. The minimum absolute atomic E-state index is 0.369. The van der Waals surface area contributed by atoms with Gasteiger partial charge in [0.15, 0.2) is 5.03 Å². The van der Waals surface area contributed by atoms with E-state index in [1.165, 1.54) is 0 Å². The number of amides is 2. The summed E-state index contributed by atoms with van der Waals surface area (Å²) in [5.74, 6) is -1.14. The number of nitrogens with zero attached hydrogens (tertiary/aromatic N) is 2. The lowest BCUT2D eigenvalue weighted by Gasteiger charge is -2.46. The summed E-state index contributed by atoms with van der Waals surface area (Å²) in [7, 11) is -3.54. The first-order chi connectivity index (χ1) is 15.0. The van der Waals surface area contributed by atoms with Crippen LogP contribution in [0.25, 0.3) is 0 Å². The fraction of sp³-hybridized carbons (Fsp3) is 0.619. The Bertz CT molecular complexity index is 1010. The molecule has 13 heteroatoms. The van der Waals surface area contributed by atoms with Crippen molar-refractivity contribution in [2.45, 2.75) is 90.3 Å². The molecule has 8 nitrogen and oxygen atoms in total. The molecule has 2 amide bonds. The van der Waals surface area contributed by atoms with Crippen LogP contribution in [0.5, 0.6) is 0 Å². The van der Waals surface area contributed by atoms with Crippen LogP contribution in [0.15, 0.2) is 16.1 Å². The monoisotopic (exact) mass is 527 g/mol. The number of carbonyl (C=O) groups excluding carboxylic acids is 2. The number of alkyl carbamates (subject to hydrolysis) is 1. The summed E-state index contributed by atoms with van der Waals surface area (Å²) < 4.78 is 59.0. The number of halogens is 4. The Morgan fingerprint density at radius 2 is 1.44 bits per heavy atom. The number of alkyl halides is 3. The lowest BCUT2D eigenvalue weighted by atomic mass is 10.2. The van der Waals surface area contributed by atoms with Gasteiger partial charge in [-0.3, -0.25) is 18.5 Å². The van der Waals surface area contributed by atoms with Gasteiger partial charge in [0.25, 0.3) is 5.91 Å². The van der Waals surface area contributed by atoms with E-state index in [2.05, 4.69) is 9.98 Å².